The van der Waals surface area contributed by atoms with Crippen LogP contribution in [-0.4, -0.2) is 90.9 Å². The van der Waals surface area contributed by atoms with Crippen molar-refractivity contribution in [3.63, 3.8) is 0 Å². The van der Waals surface area contributed by atoms with Gasteiger partial charge in [-0.3, -0.25) is 24.4 Å². The number of nitrogens with one attached hydrogen (secondary N) is 3. The minimum Gasteiger partial charge on any atom is -0.326 e. The summed E-state index contributed by atoms with van der Waals surface area (Å²) in [5, 5.41) is 19.4. The molecule has 0 aromatic heterocycles. The summed E-state index contributed by atoms with van der Waals surface area (Å²) in [6.45, 7) is 19.3. The molecule has 4 N–H and O–H groups in total. The second-order valence-corrected chi connectivity index (χ2v) is 14.8. The molecule has 304 valence electrons. The van der Waals surface area contributed by atoms with Crippen molar-refractivity contribution in [2.24, 2.45) is 0 Å². The van der Waals surface area contributed by atoms with E-state index in [1.165, 1.54) is 16.7 Å². The first-order valence-corrected chi connectivity index (χ1v) is 20.8. The van der Waals surface area contributed by atoms with Crippen molar-refractivity contribution in [1.29, 1.82) is 0 Å². The summed E-state index contributed by atoms with van der Waals surface area (Å²) in [4.78, 5) is 51.1. The fourth-order valence-corrected chi connectivity index (χ4v) is 7.66. The number of ketones is 1. The number of benzene rings is 3. The van der Waals surface area contributed by atoms with E-state index in [4.69, 9.17) is 0 Å². The highest BCUT2D eigenvalue weighted by Crippen LogP contribution is 2.31. The predicted molar refractivity (Wildman–Crippen MR) is 226 cm³/mol. The molecular weight excluding hydrogens is 705 g/mol. The largest absolute Gasteiger partial charge is 0.326 e. The molecule has 0 saturated carbocycles. The lowest BCUT2D eigenvalue weighted by atomic mass is 10.0. The predicted octanol–water partition coefficient (Wildman–Crippen LogP) is 6.84. The zero-order valence-corrected chi connectivity index (χ0v) is 34.3. The van der Waals surface area contributed by atoms with E-state index in [1.807, 2.05) is 30.3 Å². The molecule has 11 heteroatoms. The van der Waals surface area contributed by atoms with E-state index < -0.39 is 11.7 Å². The summed E-state index contributed by atoms with van der Waals surface area (Å²) in [5.74, 6) is -1.02. The van der Waals surface area contributed by atoms with Crippen LogP contribution in [0.3, 0.4) is 0 Å². The lowest BCUT2D eigenvalue weighted by molar-refractivity contribution is -0.122. The molecule has 0 fully saturated rings. The van der Waals surface area contributed by atoms with Crippen LogP contribution in [0.25, 0.3) is 0 Å². The Morgan fingerprint density at radius 3 is 1.77 bits per heavy atom. The second-order valence-electron chi connectivity index (χ2n) is 14.8. The molecule has 0 radical (unpaired) electrons. The van der Waals surface area contributed by atoms with Gasteiger partial charge in [0.05, 0.1) is 29.8 Å². The molecule has 11 nitrogen and oxygen atoms in total. The highest BCUT2D eigenvalue weighted by atomic mass is 16.5. The SMILES string of the molecule is CCCN(CCC)CCc1cccc2c1C(=O)C(=O)N2.CCCN(CCC)CCc1cccc2c1CC(=O)N2O.CCCNCCc1cccc2c1CC(=O)N2. The molecule has 3 aromatic carbocycles. The number of hydroxylamine groups is 1. The molecule has 0 unspecified atom stereocenters. The monoisotopic (exact) mass is 768 g/mol. The number of amides is 3. The summed E-state index contributed by atoms with van der Waals surface area (Å²) in [5.41, 5.74) is 8.52. The quantitative estimate of drug-likeness (QED) is 0.0592. The van der Waals surface area contributed by atoms with E-state index in [0.717, 1.165) is 126 Å². The van der Waals surface area contributed by atoms with Crippen LogP contribution in [0.1, 0.15) is 105 Å². The van der Waals surface area contributed by atoms with Gasteiger partial charge in [-0.25, -0.2) is 0 Å². The van der Waals surface area contributed by atoms with E-state index in [9.17, 15) is 24.4 Å². The summed E-state index contributed by atoms with van der Waals surface area (Å²) in [7, 11) is 0. The molecule has 0 spiro atoms. The molecule has 0 saturated heterocycles. The topological polar surface area (TPSA) is 134 Å². The van der Waals surface area contributed by atoms with Gasteiger partial charge in [0.25, 0.3) is 17.6 Å². The molecule has 3 amide bonds. The van der Waals surface area contributed by atoms with Crippen LogP contribution in [-0.2, 0) is 46.5 Å². The van der Waals surface area contributed by atoms with Crippen molar-refractivity contribution in [3.8, 4) is 0 Å². The fraction of sp³-hybridized carbons (Fsp3) is 0.511. The average Bonchev–Trinajstić information content (AvgIpc) is 3.83. The maximum atomic E-state index is 11.9. The number of anilines is 3. The first kappa shape index (κ1) is 44.3. The Morgan fingerprint density at radius 1 is 0.607 bits per heavy atom. The summed E-state index contributed by atoms with van der Waals surface area (Å²) < 4.78 is 0. The Labute approximate surface area is 334 Å². The molecule has 3 aliphatic heterocycles. The van der Waals surface area contributed by atoms with Crippen LogP contribution >= 0.6 is 0 Å². The van der Waals surface area contributed by atoms with Gasteiger partial charge in [-0.15, -0.1) is 0 Å². The van der Waals surface area contributed by atoms with Crippen molar-refractivity contribution >= 4 is 40.6 Å². The Bertz CT molecular complexity index is 1770. The van der Waals surface area contributed by atoms with Gasteiger partial charge in [0, 0.05) is 18.8 Å². The summed E-state index contributed by atoms with van der Waals surface area (Å²) in [6.07, 6.45) is 9.35. The molecule has 6 rings (SSSR count). The van der Waals surface area contributed by atoms with Crippen molar-refractivity contribution in [2.45, 2.75) is 98.8 Å². The normalized spacial score (nSPS) is 13.9. The molecule has 3 aromatic rings. The number of hydrogen-bond donors (Lipinski definition) is 4. The standard InChI is InChI=1S/C16H24N2O2.C16H22N2O2.C13H18N2O/c1-3-9-17(10-4-2)11-8-13-6-5-7-15-14(13)12-16(19)18(15)20;1-3-9-18(10-4-2)11-8-12-6-5-7-13-14(12)15(19)16(20)17-13;1-2-7-14-8-6-10-4-3-5-12-11(10)9-13(16)15-12/h5-7,20H,3-4,8-12H2,1-2H3;5-7H,3-4,8-11H2,1-2H3,(H,17,19,20);3-5,14H,2,6-9H2,1H3,(H,15,16). The fourth-order valence-electron chi connectivity index (χ4n) is 7.66. The minimum absolute atomic E-state index is 0.115. The van der Waals surface area contributed by atoms with Crippen LogP contribution < -0.4 is 21.0 Å². The zero-order chi connectivity index (χ0) is 40.5. The zero-order valence-electron chi connectivity index (χ0n) is 34.3. The van der Waals surface area contributed by atoms with Crippen molar-refractivity contribution in [3.05, 3.63) is 88.0 Å². The van der Waals surface area contributed by atoms with E-state index >= 15 is 0 Å². The van der Waals surface area contributed by atoms with Gasteiger partial charge < -0.3 is 25.8 Å². The Hall–Kier alpha value is -4.42. The van der Waals surface area contributed by atoms with E-state index in [1.54, 1.807) is 12.1 Å². The molecule has 0 bridgehead atoms. The summed E-state index contributed by atoms with van der Waals surface area (Å²) >= 11 is 0. The van der Waals surface area contributed by atoms with Crippen LogP contribution in [0.2, 0.25) is 0 Å². The van der Waals surface area contributed by atoms with Gasteiger partial charge in [-0.2, -0.15) is 5.06 Å². The smallest absolute Gasteiger partial charge is 0.296 e. The molecule has 0 aliphatic carbocycles. The van der Waals surface area contributed by atoms with Gasteiger partial charge in [-0.1, -0.05) is 71.0 Å². The van der Waals surface area contributed by atoms with Crippen LogP contribution in [0.5, 0.6) is 0 Å². The minimum atomic E-state index is -0.508. The highest BCUT2D eigenvalue weighted by Gasteiger charge is 2.30. The van der Waals surface area contributed by atoms with Crippen LogP contribution in [0.15, 0.2) is 54.6 Å². The van der Waals surface area contributed by atoms with Gasteiger partial charge in [0.1, 0.15) is 0 Å². The number of Topliss-reactive ketones (excluding diaryl/α,β-unsaturated/α-hetero) is 1. The molecule has 3 aliphatic rings. The van der Waals surface area contributed by atoms with Crippen molar-refractivity contribution < 1.29 is 24.4 Å². The number of carbonyl (C=O) groups excluding carboxylic acids is 4. The number of fused-ring (bicyclic) bond motifs is 3. The molecule has 56 heavy (non-hydrogen) atoms. The van der Waals surface area contributed by atoms with E-state index in [-0.39, 0.29) is 11.8 Å². The van der Waals surface area contributed by atoms with Gasteiger partial charge in [-0.05, 0) is 137 Å². The maximum absolute atomic E-state index is 11.9. The van der Waals surface area contributed by atoms with Gasteiger partial charge in [0.2, 0.25) is 5.91 Å². The molecule has 3 heterocycles. The maximum Gasteiger partial charge on any atom is 0.296 e. The summed E-state index contributed by atoms with van der Waals surface area (Å²) in [6, 6.07) is 17.5. The highest BCUT2D eigenvalue weighted by molar-refractivity contribution is 6.52. The number of nitrogens with zero attached hydrogens (tertiary/aromatic N) is 3. The first-order valence-electron chi connectivity index (χ1n) is 20.8. The average molecular weight is 769 g/mol. The lowest BCUT2D eigenvalue weighted by Crippen LogP contribution is -2.28. The third-order valence-electron chi connectivity index (χ3n) is 10.3. The van der Waals surface area contributed by atoms with E-state index in [2.05, 4.69) is 72.5 Å². The lowest BCUT2D eigenvalue weighted by Gasteiger charge is -2.21. The Morgan fingerprint density at radius 2 is 1.16 bits per heavy atom. The molecular formula is C45H64N6O5. The number of hydrogen-bond acceptors (Lipinski definition) is 8. The van der Waals surface area contributed by atoms with Crippen LogP contribution in [0.4, 0.5) is 17.1 Å². The third kappa shape index (κ3) is 12.3. The van der Waals surface area contributed by atoms with Gasteiger partial charge >= 0.3 is 0 Å². The first-order chi connectivity index (χ1) is 27.1. The van der Waals surface area contributed by atoms with Crippen molar-refractivity contribution in [2.75, 3.05) is 68.1 Å². The van der Waals surface area contributed by atoms with Gasteiger partial charge in [0.15, 0.2) is 0 Å². The number of rotatable bonds is 19. The Balaban J connectivity index is 0.000000188. The van der Waals surface area contributed by atoms with Crippen LogP contribution in [0, 0.1) is 0 Å². The number of carbonyl (C=O) groups is 4. The third-order valence-corrected chi connectivity index (χ3v) is 10.3. The molecule has 0 atom stereocenters. The second kappa shape index (κ2) is 23.0. The van der Waals surface area contributed by atoms with E-state index in [0.29, 0.717) is 29.8 Å². The van der Waals surface area contributed by atoms with Crippen molar-refractivity contribution in [1.82, 2.24) is 15.1 Å². The Kier molecular flexibility index (Phi) is 18.2.